The van der Waals surface area contributed by atoms with E-state index in [9.17, 15) is 4.79 Å². The smallest absolute Gasteiger partial charge is 0.307 e. The highest BCUT2D eigenvalue weighted by molar-refractivity contribution is 7.09. The summed E-state index contributed by atoms with van der Waals surface area (Å²) in [6, 6.07) is -0.194. The molecule has 0 spiro atoms. The number of hydrogen-bond donors (Lipinski definition) is 1. The van der Waals surface area contributed by atoms with Crippen molar-refractivity contribution in [1.29, 1.82) is 0 Å². The molecule has 1 heterocycles. The monoisotopic (exact) mass is 214 g/mol. The number of aromatic nitrogens is 1. The first-order chi connectivity index (χ1) is 6.72. The van der Waals surface area contributed by atoms with Crippen LogP contribution in [0.25, 0.3) is 0 Å². The molecule has 0 fully saturated rings. The molecule has 1 unspecified atom stereocenters. The lowest BCUT2D eigenvalue weighted by Gasteiger charge is -2.08. The number of ether oxygens (including phenoxy) is 1. The molecule has 5 heteroatoms. The van der Waals surface area contributed by atoms with Crippen LogP contribution in [0, 0.1) is 0 Å². The van der Waals surface area contributed by atoms with E-state index in [1.54, 1.807) is 24.5 Å². The molecular weight excluding hydrogens is 200 g/mol. The van der Waals surface area contributed by atoms with E-state index in [2.05, 4.69) is 4.98 Å². The second-order valence-electron chi connectivity index (χ2n) is 2.90. The summed E-state index contributed by atoms with van der Waals surface area (Å²) in [5.41, 5.74) is 5.76. The van der Waals surface area contributed by atoms with Crippen LogP contribution >= 0.6 is 11.3 Å². The average molecular weight is 214 g/mol. The number of thiazole rings is 1. The molecule has 4 nitrogen and oxygen atoms in total. The minimum absolute atomic E-state index is 0.194. The van der Waals surface area contributed by atoms with Crippen molar-refractivity contribution in [2.75, 3.05) is 6.61 Å². The maximum Gasteiger partial charge on any atom is 0.307 e. The first-order valence-corrected chi connectivity index (χ1v) is 5.40. The van der Waals surface area contributed by atoms with Gasteiger partial charge in [-0.15, -0.1) is 11.3 Å². The molecule has 78 valence electrons. The predicted octanol–water partition coefficient (Wildman–Crippen LogP) is 0.966. The van der Waals surface area contributed by atoms with Gasteiger partial charge in [-0.2, -0.15) is 0 Å². The maximum absolute atomic E-state index is 11.1. The van der Waals surface area contributed by atoms with E-state index < -0.39 is 0 Å². The van der Waals surface area contributed by atoms with Gasteiger partial charge in [-0.1, -0.05) is 0 Å². The van der Waals surface area contributed by atoms with Gasteiger partial charge in [-0.3, -0.25) is 4.79 Å². The molecular formula is C9H14N2O2S. The van der Waals surface area contributed by atoms with Crippen molar-refractivity contribution in [1.82, 2.24) is 4.98 Å². The summed E-state index contributed by atoms with van der Waals surface area (Å²) in [7, 11) is 0. The number of carbonyl (C=O) groups excluding carboxylic acids is 1. The first kappa shape index (κ1) is 11.1. The number of rotatable bonds is 5. The van der Waals surface area contributed by atoms with Gasteiger partial charge in [-0.05, 0) is 6.92 Å². The van der Waals surface area contributed by atoms with Crippen LogP contribution < -0.4 is 5.73 Å². The van der Waals surface area contributed by atoms with Gasteiger partial charge in [0, 0.05) is 24.0 Å². The SMILES string of the molecule is CCOC(=O)CC(N)Cc1nccs1. The van der Waals surface area contributed by atoms with E-state index >= 15 is 0 Å². The lowest BCUT2D eigenvalue weighted by Crippen LogP contribution is -2.27. The highest BCUT2D eigenvalue weighted by Crippen LogP contribution is 2.08. The number of nitrogens with zero attached hydrogens (tertiary/aromatic N) is 1. The molecule has 1 aromatic heterocycles. The van der Waals surface area contributed by atoms with Crippen molar-refractivity contribution < 1.29 is 9.53 Å². The zero-order chi connectivity index (χ0) is 10.4. The van der Waals surface area contributed by atoms with Crippen LogP contribution in [0.1, 0.15) is 18.4 Å². The Kier molecular flexibility index (Phi) is 4.55. The Bertz CT molecular complexity index is 274. The van der Waals surface area contributed by atoms with E-state index in [1.165, 1.54) is 0 Å². The van der Waals surface area contributed by atoms with E-state index in [0.29, 0.717) is 13.0 Å². The fourth-order valence-electron chi connectivity index (χ4n) is 1.08. The normalized spacial score (nSPS) is 12.4. The second kappa shape index (κ2) is 5.72. The summed E-state index contributed by atoms with van der Waals surface area (Å²) in [4.78, 5) is 15.2. The van der Waals surface area contributed by atoms with E-state index in [4.69, 9.17) is 10.5 Å². The summed E-state index contributed by atoms with van der Waals surface area (Å²) >= 11 is 1.55. The van der Waals surface area contributed by atoms with Crippen LogP contribution in [-0.2, 0) is 16.0 Å². The van der Waals surface area contributed by atoms with E-state index in [0.717, 1.165) is 5.01 Å². The highest BCUT2D eigenvalue weighted by Gasteiger charge is 2.11. The van der Waals surface area contributed by atoms with Crippen molar-refractivity contribution in [2.45, 2.75) is 25.8 Å². The van der Waals surface area contributed by atoms with Gasteiger partial charge in [-0.25, -0.2) is 4.98 Å². The summed E-state index contributed by atoms with van der Waals surface area (Å²) in [5.74, 6) is -0.239. The molecule has 0 saturated carbocycles. The summed E-state index contributed by atoms with van der Waals surface area (Å²) in [6.45, 7) is 2.19. The van der Waals surface area contributed by atoms with Crippen molar-refractivity contribution in [3.05, 3.63) is 16.6 Å². The molecule has 0 radical (unpaired) electrons. The van der Waals surface area contributed by atoms with Gasteiger partial charge in [0.15, 0.2) is 0 Å². The third-order valence-electron chi connectivity index (χ3n) is 1.65. The zero-order valence-electron chi connectivity index (χ0n) is 8.10. The summed E-state index contributed by atoms with van der Waals surface area (Å²) in [6.07, 6.45) is 2.63. The molecule has 14 heavy (non-hydrogen) atoms. The molecule has 1 rings (SSSR count). The number of esters is 1. The fourth-order valence-corrected chi connectivity index (χ4v) is 1.80. The predicted molar refractivity (Wildman–Crippen MR) is 55.0 cm³/mol. The van der Waals surface area contributed by atoms with Gasteiger partial charge in [0.05, 0.1) is 18.0 Å². The van der Waals surface area contributed by atoms with Crippen molar-refractivity contribution >= 4 is 17.3 Å². The van der Waals surface area contributed by atoms with Gasteiger partial charge >= 0.3 is 5.97 Å². The van der Waals surface area contributed by atoms with Gasteiger partial charge in [0.1, 0.15) is 0 Å². The zero-order valence-corrected chi connectivity index (χ0v) is 8.92. The minimum Gasteiger partial charge on any atom is -0.466 e. The van der Waals surface area contributed by atoms with Gasteiger partial charge in [0.25, 0.3) is 0 Å². The molecule has 0 aliphatic carbocycles. The number of carbonyl (C=O) groups is 1. The van der Waals surface area contributed by atoms with Crippen molar-refractivity contribution in [3.8, 4) is 0 Å². The lowest BCUT2D eigenvalue weighted by molar-refractivity contribution is -0.143. The second-order valence-corrected chi connectivity index (χ2v) is 3.88. The average Bonchev–Trinajstić information content (AvgIpc) is 2.56. The van der Waals surface area contributed by atoms with Crippen LogP contribution in [0.5, 0.6) is 0 Å². The molecule has 1 atom stereocenters. The molecule has 0 amide bonds. The Morgan fingerprint density at radius 1 is 1.79 bits per heavy atom. The molecule has 1 aromatic rings. The number of nitrogens with two attached hydrogens (primary N) is 1. The minimum atomic E-state index is -0.239. The van der Waals surface area contributed by atoms with Crippen LogP contribution in [0.2, 0.25) is 0 Å². The third-order valence-corrected chi connectivity index (χ3v) is 2.46. The largest absolute Gasteiger partial charge is 0.466 e. The Hall–Kier alpha value is -0.940. The molecule has 0 aliphatic heterocycles. The Labute approximate surface area is 87.1 Å². The Balaban J connectivity index is 2.29. The van der Waals surface area contributed by atoms with Crippen LogP contribution in [0.4, 0.5) is 0 Å². The van der Waals surface area contributed by atoms with Crippen LogP contribution in [0.15, 0.2) is 11.6 Å². The van der Waals surface area contributed by atoms with Gasteiger partial charge in [0.2, 0.25) is 0 Å². The molecule has 0 saturated heterocycles. The molecule has 0 aromatic carbocycles. The van der Waals surface area contributed by atoms with Gasteiger partial charge < -0.3 is 10.5 Å². The summed E-state index contributed by atoms with van der Waals surface area (Å²) in [5, 5.41) is 2.86. The first-order valence-electron chi connectivity index (χ1n) is 4.52. The Morgan fingerprint density at radius 3 is 3.14 bits per heavy atom. The van der Waals surface area contributed by atoms with E-state index in [1.807, 2.05) is 5.38 Å². The van der Waals surface area contributed by atoms with Crippen molar-refractivity contribution in [2.24, 2.45) is 5.73 Å². The quantitative estimate of drug-likeness (QED) is 0.742. The summed E-state index contributed by atoms with van der Waals surface area (Å²) < 4.78 is 4.80. The van der Waals surface area contributed by atoms with E-state index in [-0.39, 0.29) is 18.4 Å². The maximum atomic E-state index is 11.1. The number of hydrogen-bond acceptors (Lipinski definition) is 5. The third kappa shape index (κ3) is 3.85. The molecule has 0 aliphatic rings. The molecule has 0 bridgehead atoms. The Morgan fingerprint density at radius 2 is 2.57 bits per heavy atom. The topological polar surface area (TPSA) is 65.2 Å². The van der Waals surface area contributed by atoms with Crippen molar-refractivity contribution in [3.63, 3.8) is 0 Å². The lowest BCUT2D eigenvalue weighted by atomic mass is 10.1. The molecule has 2 N–H and O–H groups in total. The standard InChI is InChI=1S/C9H14N2O2S/c1-2-13-9(12)6-7(10)5-8-11-3-4-14-8/h3-4,7H,2,5-6,10H2,1H3. The van der Waals surface area contributed by atoms with Crippen LogP contribution in [-0.4, -0.2) is 23.6 Å². The highest BCUT2D eigenvalue weighted by atomic mass is 32.1. The fraction of sp³-hybridized carbons (Fsp3) is 0.556. The van der Waals surface area contributed by atoms with Crippen LogP contribution in [0.3, 0.4) is 0 Å².